The van der Waals surface area contributed by atoms with Gasteiger partial charge in [-0.2, -0.15) is 0 Å². The van der Waals surface area contributed by atoms with E-state index in [1.54, 1.807) is 17.5 Å². The largest absolute Gasteiger partial charge is 0.319 e. The van der Waals surface area contributed by atoms with Gasteiger partial charge in [0.2, 0.25) is 0 Å². The number of aromatic nitrogens is 1. The van der Waals surface area contributed by atoms with E-state index in [4.69, 9.17) is 11.6 Å². The summed E-state index contributed by atoms with van der Waals surface area (Å²) in [5, 5.41) is 4.48. The van der Waals surface area contributed by atoms with Gasteiger partial charge in [-0.1, -0.05) is 18.5 Å². The van der Waals surface area contributed by atoms with E-state index in [9.17, 15) is 0 Å². The summed E-state index contributed by atoms with van der Waals surface area (Å²) < 4.78 is 0.798. The maximum absolute atomic E-state index is 6.01. The summed E-state index contributed by atoms with van der Waals surface area (Å²) in [7, 11) is 2.02. The molecule has 1 aromatic heterocycles. The average molecular weight is 274 g/mol. The smallest absolute Gasteiger partial charge is 0.113 e. The zero-order valence-electron chi connectivity index (χ0n) is 10.4. The van der Waals surface area contributed by atoms with Crippen LogP contribution in [-0.4, -0.2) is 36.6 Å². The third kappa shape index (κ3) is 2.99. The molecule has 17 heavy (non-hydrogen) atoms. The normalized spacial score (nSPS) is 25.6. The van der Waals surface area contributed by atoms with Crippen LogP contribution in [0.5, 0.6) is 0 Å². The van der Waals surface area contributed by atoms with Gasteiger partial charge in [-0.3, -0.25) is 4.90 Å². The standard InChI is InChI=1S/C12H20ClN3S/c1-3-5-16-6-4-9(7-14-2)11(16)12-15-8-10(13)17-12/h8-9,11,14H,3-7H2,1-2H3. The minimum absolute atomic E-state index is 0.458. The van der Waals surface area contributed by atoms with Crippen LogP contribution in [0.25, 0.3) is 0 Å². The SMILES string of the molecule is CCCN1CCC(CNC)C1c1ncc(Cl)s1. The molecule has 3 nitrogen and oxygen atoms in total. The molecule has 0 radical (unpaired) electrons. The lowest BCUT2D eigenvalue weighted by atomic mass is 10.0. The second kappa shape index (κ2) is 6.14. The second-order valence-electron chi connectivity index (χ2n) is 4.59. The minimum atomic E-state index is 0.458. The molecule has 1 fully saturated rings. The van der Waals surface area contributed by atoms with Gasteiger partial charge in [0.05, 0.1) is 12.2 Å². The van der Waals surface area contributed by atoms with Crippen molar-refractivity contribution in [2.75, 3.05) is 26.7 Å². The molecule has 0 aliphatic carbocycles. The highest BCUT2D eigenvalue weighted by Crippen LogP contribution is 2.39. The lowest BCUT2D eigenvalue weighted by Gasteiger charge is -2.26. The van der Waals surface area contributed by atoms with Crippen molar-refractivity contribution >= 4 is 22.9 Å². The van der Waals surface area contributed by atoms with Gasteiger partial charge in [-0.15, -0.1) is 11.3 Å². The summed E-state index contributed by atoms with van der Waals surface area (Å²) in [6.45, 7) is 5.63. The van der Waals surface area contributed by atoms with Crippen molar-refractivity contribution < 1.29 is 0 Å². The van der Waals surface area contributed by atoms with Gasteiger partial charge in [-0.05, 0) is 45.4 Å². The summed E-state index contributed by atoms with van der Waals surface area (Å²) in [4.78, 5) is 7.03. The number of hydrogen-bond donors (Lipinski definition) is 1. The van der Waals surface area contributed by atoms with E-state index in [2.05, 4.69) is 22.1 Å². The van der Waals surface area contributed by atoms with Gasteiger partial charge in [0.15, 0.2) is 0 Å². The van der Waals surface area contributed by atoms with Crippen LogP contribution in [0.3, 0.4) is 0 Å². The molecule has 0 saturated carbocycles. The van der Waals surface area contributed by atoms with Gasteiger partial charge in [0.1, 0.15) is 9.34 Å². The Bertz CT molecular complexity index is 341. The van der Waals surface area contributed by atoms with E-state index in [0.717, 1.165) is 17.4 Å². The molecule has 1 aromatic rings. The monoisotopic (exact) mass is 273 g/mol. The average Bonchev–Trinajstić information content (AvgIpc) is 2.87. The fraction of sp³-hybridized carbons (Fsp3) is 0.750. The van der Waals surface area contributed by atoms with Crippen LogP contribution in [-0.2, 0) is 0 Å². The van der Waals surface area contributed by atoms with Gasteiger partial charge >= 0.3 is 0 Å². The van der Waals surface area contributed by atoms with Crippen molar-refractivity contribution in [1.29, 1.82) is 0 Å². The van der Waals surface area contributed by atoms with E-state index < -0.39 is 0 Å². The van der Waals surface area contributed by atoms with E-state index >= 15 is 0 Å². The first-order valence-corrected chi connectivity index (χ1v) is 7.45. The van der Waals surface area contributed by atoms with Crippen LogP contribution in [0, 0.1) is 5.92 Å². The maximum Gasteiger partial charge on any atom is 0.113 e. The van der Waals surface area contributed by atoms with Crippen molar-refractivity contribution in [2.45, 2.75) is 25.8 Å². The first kappa shape index (κ1) is 13.3. The Morgan fingerprint density at radius 3 is 3.06 bits per heavy atom. The molecule has 1 N–H and O–H groups in total. The molecule has 0 amide bonds. The van der Waals surface area contributed by atoms with Crippen molar-refractivity contribution in [3.63, 3.8) is 0 Å². The molecule has 2 atom stereocenters. The number of halogens is 1. The maximum atomic E-state index is 6.01. The van der Waals surface area contributed by atoms with Crippen molar-refractivity contribution in [1.82, 2.24) is 15.2 Å². The Hall–Kier alpha value is -0.160. The van der Waals surface area contributed by atoms with Gasteiger partial charge in [-0.25, -0.2) is 4.98 Å². The molecule has 1 aliphatic rings. The molecular formula is C12H20ClN3S. The molecule has 1 saturated heterocycles. The Balaban J connectivity index is 2.16. The Kier molecular flexibility index (Phi) is 4.79. The molecular weight excluding hydrogens is 254 g/mol. The van der Waals surface area contributed by atoms with Crippen LogP contribution < -0.4 is 5.32 Å². The lowest BCUT2D eigenvalue weighted by molar-refractivity contribution is 0.227. The third-order valence-corrected chi connectivity index (χ3v) is 4.54. The number of nitrogens with one attached hydrogen (secondary N) is 1. The molecule has 2 heterocycles. The zero-order valence-corrected chi connectivity index (χ0v) is 12.0. The van der Waals surface area contributed by atoms with Crippen LogP contribution in [0.2, 0.25) is 4.34 Å². The fourth-order valence-corrected chi connectivity index (χ4v) is 3.86. The quantitative estimate of drug-likeness (QED) is 0.894. The third-order valence-electron chi connectivity index (χ3n) is 3.35. The summed E-state index contributed by atoms with van der Waals surface area (Å²) in [6, 6.07) is 0.458. The highest BCUT2D eigenvalue weighted by molar-refractivity contribution is 7.15. The molecule has 96 valence electrons. The van der Waals surface area contributed by atoms with Gasteiger partial charge in [0.25, 0.3) is 0 Å². The van der Waals surface area contributed by atoms with E-state index in [1.165, 1.54) is 24.4 Å². The van der Waals surface area contributed by atoms with Crippen LogP contribution in [0.15, 0.2) is 6.20 Å². The van der Waals surface area contributed by atoms with Crippen molar-refractivity contribution in [3.8, 4) is 0 Å². The molecule has 1 aliphatic heterocycles. The van der Waals surface area contributed by atoms with Gasteiger partial charge < -0.3 is 5.32 Å². The number of thiazole rings is 1. The van der Waals surface area contributed by atoms with E-state index in [0.29, 0.717) is 12.0 Å². The number of hydrogen-bond acceptors (Lipinski definition) is 4. The number of nitrogens with zero attached hydrogens (tertiary/aromatic N) is 2. The van der Waals surface area contributed by atoms with E-state index in [-0.39, 0.29) is 0 Å². The molecule has 0 aromatic carbocycles. The fourth-order valence-electron chi connectivity index (χ4n) is 2.70. The predicted molar refractivity (Wildman–Crippen MR) is 73.8 cm³/mol. The first-order chi connectivity index (χ1) is 8.26. The Morgan fingerprint density at radius 1 is 1.65 bits per heavy atom. The summed E-state index contributed by atoms with van der Waals surface area (Å²) in [6.07, 6.45) is 4.23. The molecule has 5 heteroatoms. The molecule has 2 rings (SSSR count). The molecule has 0 bridgehead atoms. The van der Waals surface area contributed by atoms with Crippen LogP contribution in [0.1, 0.15) is 30.8 Å². The first-order valence-electron chi connectivity index (χ1n) is 6.26. The highest BCUT2D eigenvalue weighted by atomic mass is 35.5. The second-order valence-corrected chi connectivity index (χ2v) is 6.28. The van der Waals surface area contributed by atoms with Crippen molar-refractivity contribution in [2.24, 2.45) is 5.92 Å². The lowest BCUT2D eigenvalue weighted by Crippen LogP contribution is -2.29. The van der Waals surface area contributed by atoms with E-state index in [1.807, 2.05) is 7.05 Å². The molecule has 0 spiro atoms. The topological polar surface area (TPSA) is 28.2 Å². The number of rotatable bonds is 5. The van der Waals surface area contributed by atoms with Gasteiger partial charge in [0, 0.05) is 0 Å². The Morgan fingerprint density at radius 2 is 2.47 bits per heavy atom. The predicted octanol–water partition coefficient (Wildman–Crippen LogP) is 2.79. The molecule has 2 unspecified atom stereocenters. The van der Waals surface area contributed by atoms with Crippen LogP contribution >= 0.6 is 22.9 Å². The minimum Gasteiger partial charge on any atom is -0.319 e. The summed E-state index contributed by atoms with van der Waals surface area (Å²) in [5.41, 5.74) is 0. The highest BCUT2D eigenvalue weighted by Gasteiger charge is 2.36. The van der Waals surface area contributed by atoms with Crippen LogP contribution in [0.4, 0.5) is 0 Å². The summed E-state index contributed by atoms with van der Waals surface area (Å²) >= 11 is 7.64. The summed E-state index contributed by atoms with van der Waals surface area (Å²) in [5.74, 6) is 0.661. The number of likely N-dealkylation sites (tertiary alicyclic amines) is 1. The van der Waals surface area contributed by atoms with Crippen molar-refractivity contribution in [3.05, 3.63) is 15.5 Å². The Labute approximate surface area is 112 Å². The zero-order chi connectivity index (χ0) is 12.3.